The predicted octanol–water partition coefficient (Wildman–Crippen LogP) is 1.44. The molecule has 1 aliphatic rings. The van der Waals surface area contributed by atoms with Crippen molar-refractivity contribution in [3.05, 3.63) is 65.6 Å². The fraction of sp³-hybridized carbons (Fsp3) is 0.318. The van der Waals surface area contributed by atoms with Crippen LogP contribution >= 0.6 is 0 Å². The van der Waals surface area contributed by atoms with Crippen LogP contribution in [-0.2, 0) is 16.7 Å². The van der Waals surface area contributed by atoms with Gasteiger partial charge >= 0.3 is 5.95 Å². The Kier molecular flexibility index (Phi) is 6.67. The van der Waals surface area contributed by atoms with Crippen molar-refractivity contribution >= 4 is 33.1 Å². The fourth-order valence-corrected chi connectivity index (χ4v) is 4.90. The Morgan fingerprint density at radius 3 is 2.48 bits per heavy atom. The zero-order valence-corrected chi connectivity index (χ0v) is 18.1. The van der Waals surface area contributed by atoms with Crippen molar-refractivity contribution in [2.75, 3.05) is 44.6 Å². The molecule has 0 atom stereocenters. The van der Waals surface area contributed by atoms with Crippen LogP contribution in [0, 0.1) is 0 Å². The van der Waals surface area contributed by atoms with Crippen molar-refractivity contribution in [1.29, 1.82) is 0 Å². The van der Waals surface area contributed by atoms with Crippen LogP contribution in [0.2, 0.25) is 0 Å². The standard InChI is InChI=1S/C22H27N5O3S/c28-16-11-23-22-24-20-8-4-5-9-21(20)27(22)18-25-12-14-26(15-13-25)31(29,30)17-10-19-6-2-1-3-7-19/h1-10,17,28H,11-16,18H2,(H,23,24)/p+1/b17-10+. The van der Waals surface area contributed by atoms with Gasteiger partial charge in [0.1, 0.15) is 17.7 Å². The first kappa shape index (κ1) is 21.5. The number of hydrogen-bond donors (Lipinski definition) is 3. The number of imidazole rings is 1. The molecule has 3 N–H and O–H groups in total. The highest BCUT2D eigenvalue weighted by Gasteiger charge is 2.27. The maximum absolute atomic E-state index is 12.7. The Balaban J connectivity index is 1.42. The van der Waals surface area contributed by atoms with Gasteiger partial charge in [-0.25, -0.2) is 18.0 Å². The van der Waals surface area contributed by atoms with E-state index < -0.39 is 10.0 Å². The van der Waals surface area contributed by atoms with Gasteiger partial charge in [0.15, 0.2) is 0 Å². The molecule has 1 aromatic heterocycles. The second kappa shape index (κ2) is 9.61. The van der Waals surface area contributed by atoms with Gasteiger partial charge in [0.25, 0.3) is 0 Å². The summed E-state index contributed by atoms with van der Waals surface area (Å²) >= 11 is 0. The molecule has 1 aliphatic heterocycles. The maximum Gasteiger partial charge on any atom is 0.357 e. The average Bonchev–Trinajstić information content (AvgIpc) is 3.15. The van der Waals surface area contributed by atoms with Crippen molar-refractivity contribution in [2.45, 2.75) is 6.67 Å². The van der Waals surface area contributed by atoms with E-state index in [1.165, 1.54) is 9.71 Å². The summed E-state index contributed by atoms with van der Waals surface area (Å²) in [4.78, 5) is 5.59. The number of benzene rings is 2. The summed E-state index contributed by atoms with van der Waals surface area (Å²) in [6, 6.07) is 17.5. The molecule has 0 unspecified atom stereocenters. The number of nitrogens with one attached hydrogen (secondary N) is 2. The van der Waals surface area contributed by atoms with Gasteiger partial charge in [-0.05, 0) is 23.8 Å². The first-order chi connectivity index (χ1) is 15.1. The number of sulfonamides is 1. The number of aliphatic hydroxyl groups excluding tert-OH is 1. The smallest absolute Gasteiger partial charge is 0.357 e. The van der Waals surface area contributed by atoms with Crippen LogP contribution in [-0.4, -0.2) is 67.0 Å². The van der Waals surface area contributed by atoms with Gasteiger partial charge in [-0.15, -0.1) is 0 Å². The highest BCUT2D eigenvalue weighted by Crippen LogP contribution is 2.15. The number of fused-ring (bicyclic) bond motifs is 1. The minimum Gasteiger partial charge on any atom is -0.393 e. The molecule has 164 valence electrons. The zero-order chi connectivity index (χ0) is 21.7. The maximum atomic E-state index is 12.7. The van der Waals surface area contributed by atoms with E-state index in [2.05, 4.69) is 19.8 Å². The molecule has 1 fully saturated rings. The van der Waals surface area contributed by atoms with E-state index in [1.54, 1.807) is 6.08 Å². The molecule has 4 rings (SSSR count). The zero-order valence-electron chi connectivity index (χ0n) is 17.3. The summed E-state index contributed by atoms with van der Waals surface area (Å²) in [5.41, 5.74) is 2.93. The largest absolute Gasteiger partial charge is 0.393 e. The lowest BCUT2D eigenvalue weighted by molar-refractivity contribution is -0.677. The van der Waals surface area contributed by atoms with Gasteiger partial charge in [-0.2, -0.15) is 4.31 Å². The molecule has 2 heterocycles. The van der Waals surface area contributed by atoms with E-state index in [9.17, 15) is 13.5 Å². The highest BCUT2D eigenvalue weighted by molar-refractivity contribution is 7.92. The molecule has 1 saturated heterocycles. The lowest BCUT2D eigenvalue weighted by Gasteiger charge is -2.32. The topological polar surface area (TPSA) is 92.6 Å². The van der Waals surface area contributed by atoms with Crippen molar-refractivity contribution in [3.8, 4) is 0 Å². The Bertz CT molecular complexity index is 1140. The van der Waals surface area contributed by atoms with E-state index in [0.29, 0.717) is 39.4 Å². The number of anilines is 1. The number of nitrogens with zero attached hydrogens (tertiary/aromatic N) is 3. The normalized spacial score (nSPS) is 16.3. The van der Waals surface area contributed by atoms with Crippen LogP contribution in [0.3, 0.4) is 0 Å². The Morgan fingerprint density at radius 1 is 1.03 bits per heavy atom. The van der Waals surface area contributed by atoms with E-state index in [1.807, 2.05) is 54.6 Å². The molecule has 0 saturated carbocycles. The van der Waals surface area contributed by atoms with Gasteiger partial charge in [0.2, 0.25) is 10.0 Å². The van der Waals surface area contributed by atoms with Crippen molar-refractivity contribution in [1.82, 2.24) is 14.2 Å². The van der Waals surface area contributed by atoms with Crippen molar-refractivity contribution in [2.24, 2.45) is 0 Å². The molecule has 31 heavy (non-hydrogen) atoms. The molecule has 0 bridgehead atoms. The Morgan fingerprint density at radius 2 is 1.74 bits per heavy atom. The van der Waals surface area contributed by atoms with Crippen LogP contribution < -0.4 is 9.88 Å². The molecule has 8 nitrogen and oxygen atoms in total. The van der Waals surface area contributed by atoms with Crippen molar-refractivity contribution < 1.29 is 18.1 Å². The fourth-order valence-electron chi connectivity index (χ4n) is 3.73. The third-order valence-electron chi connectivity index (χ3n) is 5.39. The van der Waals surface area contributed by atoms with Gasteiger partial charge < -0.3 is 5.11 Å². The number of aromatic nitrogens is 2. The molecular weight excluding hydrogens is 414 g/mol. The summed E-state index contributed by atoms with van der Waals surface area (Å²) in [6.45, 7) is 3.31. The summed E-state index contributed by atoms with van der Waals surface area (Å²) in [7, 11) is -3.45. The minimum absolute atomic E-state index is 0.0440. The summed E-state index contributed by atoms with van der Waals surface area (Å²) in [6.07, 6.45) is 1.64. The summed E-state index contributed by atoms with van der Waals surface area (Å²) in [5, 5.41) is 13.7. The third kappa shape index (κ3) is 5.13. The third-order valence-corrected chi connectivity index (χ3v) is 6.95. The van der Waals surface area contributed by atoms with Gasteiger partial charge in [0, 0.05) is 31.6 Å². The predicted molar refractivity (Wildman–Crippen MR) is 122 cm³/mol. The van der Waals surface area contributed by atoms with Crippen LogP contribution in [0.25, 0.3) is 17.1 Å². The van der Waals surface area contributed by atoms with Crippen LogP contribution in [0.1, 0.15) is 5.56 Å². The molecule has 3 aromatic rings. The second-order valence-corrected chi connectivity index (χ2v) is 9.30. The number of piperazine rings is 1. The molecule has 0 amide bonds. The van der Waals surface area contributed by atoms with E-state index in [4.69, 9.17) is 0 Å². The first-order valence-electron chi connectivity index (χ1n) is 10.4. The van der Waals surface area contributed by atoms with Gasteiger partial charge in [-0.3, -0.25) is 10.2 Å². The number of aliphatic hydroxyl groups is 1. The quantitative estimate of drug-likeness (QED) is 0.459. The molecule has 0 radical (unpaired) electrons. The second-order valence-electron chi connectivity index (χ2n) is 7.49. The molecule has 2 aromatic carbocycles. The van der Waals surface area contributed by atoms with Gasteiger partial charge in [0.05, 0.1) is 13.2 Å². The minimum atomic E-state index is -3.45. The monoisotopic (exact) mass is 442 g/mol. The number of para-hydroxylation sites is 2. The summed E-state index contributed by atoms with van der Waals surface area (Å²) < 4.78 is 29.1. The first-order valence-corrected chi connectivity index (χ1v) is 11.9. The van der Waals surface area contributed by atoms with Crippen LogP contribution in [0.4, 0.5) is 5.95 Å². The Hall–Kier alpha value is -2.72. The lowest BCUT2D eigenvalue weighted by atomic mass is 10.2. The highest BCUT2D eigenvalue weighted by atomic mass is 32.2. The van der Waals surface area contributed by atoms with Crippen LogP contribution in [0.15, 0.2) is 60.0 Å². The Labute approximate surface area is 182 Å². The van der Waals surface area contributed by atoms with Gasteiger partial charge in [-0.1, -0.05) is 42.5 Å². The molecule has 0 spiro atoms. The van der Waals surface area contributed by atoms with E-state index in [0.717, 1.165) is 22.5 Å². The summed E-state index contributed by atoms with van der Waals surface area (Å²) in [5.74, 6) is 0.830. The van der Waals surface area contributed by atoms with Crippen LogP contribution in [0.5, 0.6) is 0 Å². The SMILES string of the molecule is O=S(=O)(/C=C/c1ccccc1)N1CCN(C[n+]2c(NCCO)[nH]c3ccccc32)CC1. The molecule has 9 heteroatoms. The van der Waals surface area contributed by atoms with E-state index >= 15 is 0 Å². The number of rotatable bonds is 8. The van der Waals surface area contributed by atoms with Crippen molar-refractivity contribution in [3.63, 3.8) is 0 Å². The van der Waals surface area contributed by atoms with E-state index in [-0.39, 0.29) is 6.61 Å². The molecule has 0 aliphatic carbocycles. The molecular formula is C22H28N5O3S+. The average molecular weight is 443 g/mol. The number of hydrogen-bond acceptors (Lipinski definition) is 5. The lowest BCUT2D eigenvalue weighted by Crippen LogP contribution is -2.53. The number of aromatic amines is 1. The number of H-pyrrole nitrogens is 1.